The predicted molar refractivity (Wildman–Crippen MR) is 212 cm³/mol. The molecular formula is C32H47N8O17P3S. The van der Waals surface area contributed by atoms with Crippen molar-refractivity contribution in [1.82, 2.24) is 30.2 Å². The van der Waals surface area contributed by atoms with Gasteiger partial charge >= 0.3 is 23.5 Å². The van der Waals surface area contributed by atoms with E-state index in [0.717, 1.165) is 41.8 Å². The second-order valence-electron chi connectivity index (χ2n) is 14.7. The number of fused-ring (bicyclic) bond motifs is 2. The molecule has 1 saturated heterocycles. The van der Waals surface area contributed by atoms with Gasteiger partial charge in [-0.15, -0.1) is 0 Å². The molecule has 25 nitrogen and oxygen atoms in total. The highest BCUT2D eigenvalue weighted by Crippen LogP contribution is 2.61. The summed E-state index contributed by atoms with van der Waals surface area (Å²) in [5, 5.41) is 26.3. The summed E-state index contributed by atoms with van der Waals surface area (Å²) in [5.74, 6) is -1.20. The van der Waals surface area contributed by atoms with Gasteiger partial charge in [-0.25, -0.2) is 28.6 Å². The lowest BCUT2D eigenvalue weighted by molar-refractivity contribution is -0.137. The number of aromatic nitrogens is 4. The summed E-state index contributed by atoms with van der Waals surface area (Å²) in [6, 6.07) is 7.29. The summed E-state index contributed by atoms with van der Waals surface area (Å²) in [6.07, 6.45) is -5.52. The molecule has 2 aliphatic rings. The van der Waals surface area contributed by atoms with E-state index in [-0.39, 0.29) is 53.3 Å². The van der Waals surface area contributed by atoms with Crippen molar-refractivity contribution in [1.29, 1.82) is 0 Å². The van der Waals surface area contributed by atoms with Crippen LogP contribution in [0.1, 0.15) is 37.6 Å². The summed E-state index contributed by atoms with van der Waals surface area (Å²) in [4.78, 5) is 88.7. The summed E-state index contributed by atoms with van der Waals surface area (Å²) in [7, 11) is -16.4. The van der Waals surface area contributed by atoms with E-state index in [9.17, 15) is 57.9 Å². The van der Waals surface area contributed by atoms with E-state index in [1.165, 1.54) is 25.0 Å². The van der Waals surface area contributed by atoms with Gasteiger partial charge in [0, 0.05) is 30.7 Å². The predicted octanol–water partition coefficient (Wildman–Crippen LogP) is -0.593. The normalized spacial score (nSPS) is 22.6. The van der Waals surface area contributed by atoms with Gasteiger partial charge < -0.3 is 56.6 Å². The average Bonchev–Trinajstić information content (AvgIpc) is 3.89. The van der Waals surface area contributed by atoms with Crippen LogP contribution in [0.15, 0.2) is 36.9 Å². The van der Waals surface area contributed by atoms with E-state index in [1.54, 1.807) is 0 Å². The number of ether oxygens (including phenoxy) is 1. The van der Waals surface area contributed by atoms with Gasteiger partial charge in [0.25, 0.3) is 0 Å². The molecule has 1 fully saturated rings. The van der Waals surface area contributed by atoms with Crippen molar-refractivity contribution in [3.05, 3.63) is 48.0 Å². The van der Waals surface area contributed by atoms with Crippen molar-refractivity contribution in [3.8, 4) is 0 Å². The van der Waals surface area contributed by atoms with Gasteiger partial charge in [-0.2, -0.15) is 4.31 Å². The minimum absolute atomic E-state index is 0.00492. The van der Waals surface area contributed by atoms with E-state index in [1.807, 2.05) is 24.3 Å². The zero-order chi connectivity index (χ0) is 44.9. The Balaban J connectivity index is 1.02. The number of hydrogen-bond donors (Lipinski definition) is 10. The molecule has 2 aromatic heterocycles. The Morgan fingerprint density at radius 1 is 1.02 bits per heavy atom. The largest absolute Gasteiger partial charge is 0.481 e. The molecule has 1 aliphatic heterocycles. The minimum atomic E-state index is -5.58. The Bertz CT molecular complexity index is 2190. The molecule has 5 rings (SSSR count). The van der Waals surface area contributed by atoms with Gasteiger partial charge in [-0.3, -0.25) is 32.5 Å². The van der Waals surface area contributed by atoms with Gasteiger partial charge in [0.05, 0.1) is 25.6 Å². The molecule has 2 amide bonds. The lowest BCUT2D eigenvalue weighted by Crippen LogP contribution is -2.46. The number of aliphatic hydroxyl groups excluding tert-OH is 2. The molecule has 61 heavy (non-hydrogen) atoms. The van der Waals surface area contributed by atoms with Crippen LogP contribution < -0.4 is 22.1 Å². The third-order valence-electron chi connectivity index (χ3n) is 9.61. The van der Waals surface area contributed by atoms with Crippen LogP contribution in [0.3, 0.4) is 0 Å². The van der Waals surface area contributed by atoms with Crippen molar-refractivity contribution in [3.63, 3.8) is 0 Å². The highest BCUT2D eigenvalue weighted by Gasteiger charge is 2.50. The molecule has 0 saturated carbocycles. The Morgan fingerprint density at radius 3 is 2.33 bits per heavy atom. The molecular weight excluding hydrogens is 893 g/mol. The Labute approximate surface area is 351 Å². The number of hydrogen-bond acceptors (Lipinski definition) is 19. The number of carbonyl (C=O) groups is 3. The number of imidazole rings is 1. The number of benzene rings is 1. The number of carbonyl (C=O) groups excluding carboxylic acids is 3. The van der Waals surface area contributed by atoms with Crippen LogP contribution in [-0.4, -0.2) is 129 Å². The molecule has 338 valence electrons. The maximum Gasteiger partial charge on any atom is 0.481 e. The number of nitrogens with zero attached hydrogens (tertiary/aromatic N) is 4. The van der Waals surface area contributed by atoms with Crippen LogP contribution >= 0.6 is 35.2 Å². The van der Waals surface area contributed by atoms with E-state index in [4.69, 9.17) is 25.3 Å². The van der Waals surface area contributed by atoms with Crippen LogP contribution in [0.2, 0.25) is 0 Å². The third-order valence-corrected chi connectivity index (χ3v) is 13.7. The fourth-order valence-electron chi connectivity index (χ4n) is 6.42. The topological polar surface area (TPSA) is 390 Å². The first-order valence-electron chi connectivity index (χ1n) is 18.3. The third kappa shape index (κ3) is 13.1. The Morgan fingerprint density at radius 2 is 1.67 bits per heavy atom. The van der Waals surface area contributed by atoms with E-state index >= 15 is 0 Å². The summed E-state index contributed by atoms with van der Waals surface area (Å²) in [5.41, 5.74) is 12.8. The number of aliphatic hydroxyl groups is 2. The van der Waals surface area contributed by atoms with Crippen molar-refractivity contribution in [2.75, 3.05) is 37.8 Å². The lowest BCUT2D eigenvalue weighted by atomic mass is 9.87. The molecule has 8 atom stereocenters. The van der Waals surface area contributed by atoms with Gasteiger partial charge in [0.1, 0.15) is 36.3 Å². The summed E-state index contributed by atoms with van der Waals surface area (Å²) in [6.45, 7) is 0.410. The lowest BCUT2D eigenvalue weighted by Gasteiger charge is -2.30. The molecule has 1 aliphatic carbocycles. The average molecular weight is 941 g/mol. The highest BCUT2D eigenvalue weighted by molar-refractivity contribution is 8.13. The van der Waals surface area contributed by atoms with Crippen LogP contribution in [0.5, 0.6) is 0 Å². The van der Waals surface area contributed by atoms with E-state index < -0.39 is 90.6 Å². The smallest absolute Gasteiger partial charge is 0.386 e. The number of nitrogens with two attached hydrogens (primary N) is 2. The van der Waals surface area contributed by atoms with E-state index in [0.29, 0.717) is 0 Å². The number of nitrogens with one attached hydrogen (secondary N) is 2. The molecule has 3 aromatic rings. The Hall–Kier alpha value is -3.26. The van der Waals surface area contributed by atoms with Gasteiger partial charge in [-0.1, -0.05) is 49.9 Å². The molecule has 0 bridgehead atoms. The van der Waals surface area contributed by atoms with Crippen LogP contribution in [-0.2, 0) is 63.5 Å². The SMILES string of the molecule is CC(C)(COP(=O)(O)OP(=O)(O)OCC1OC(n2cnc3c(N)ncnc32)C(O)C1OP(=O)(O)O)C(O)C(=O)NCCC(=O)NCCSC(=O)C(N)C1Cc2ccccc2C1. The van der Waals surface area contributed by atoms with Gasteiger partial charge in [-0.05, 0) is 29.9 Å². The zero-order valence-electron chi connectivity index (χ0n) is 32.5. The number of thioether (sulfide) groups is 1. The molecule has 8 unspecified atom stereocenters. The number of phosphoric ester groups is 3. The minimum Gasteiger partial charge on any atom is -0.386 e. The zero-order valence-corrected chi connectivity index (χ0v) is 36.0. The van der Waals surface area contributed by atoms with Crippen molar-refractivity contribution in [2.45, 2.75) is 69.8 Å². The first-order valence-corrected chi connectivity index (χ1v) is 23.9. The van der Waals surface area contributed by atoms with Crippen LogP contribution in [0.25, 0.3) is 11.2 Å². The van der Waals surface area contributed by atoms with Gasteiger partial charge in [0.15, 0.2) is 17.7 Å². The number of amides is 2. The number of phosphoric acid groups is 3. The van der Waals surface area contributed by atoms with Crippen molar-refractivity contribution >= 4 is 69.1 Å². The molecule has 0 spiro atoms. The second kappa shape index (κ2) is 20.1. The number of nitrogen functional groups attached to an aromatic ring is 1. The molecule has 12 N–H and O–H groups in total. The van der Waals surface area contributed by atoms with Gasteiger partial charge in [0.2, 0.25) is 16.9 Å². The standard InChI is InChI=1S/C32H47N8O17P3S/c1-32(2,26(43)29(44)36-8-7-21(41)35-9-10-61-31(45)22(33)19-11-17-5-3-4-6-18(17)12-19)14-54-60(51,52)57-59(49,50)53-13-20-25(56-58(46,47)48)24(42)30(55-20)40-16-39-23-27(34)37-15-38-28(23)40/h3-6,15-16,19-20,22,24-26,30,42-43H,7-14,33H2,1-2H3,(H,35,41)(H,36,44)(H,49,50)(H,51,52)(H2,34,37,38)(H2,46,47,48). The van der Waals surface area contributed by atoms with E-state index in [2.05, 4.69) is 34.4 Å². The summed E-state index contributed by atoms with van der Waals surface area (Å²) < 4.78 is 62.3. The maximum atomic E-state index is 12.7. The first kappa shape index (κ1) is 48.8. The second-order valence-corrected chi connectivity index (χ2v) is 20.0. The van der Waals surface area contributed by atoms with Crippen LogP contribution in [0, 0.1) is 11.3 Å². The highest BCUT2D eigenvalue weighted by atomic mass is 32.2. The van der Waals surface area contributed by atoms with Crippen molar-refractivity contribution < 1.29 is 80.5 Å². The fourth-order valence-corrected chi connectivity index (χ4v) is 10.0. The Kier molecular flexibility index (Phi) is 16.0. The number of rotatable bonds is 21. The summed E-state index contributed by atoms with van der Waals surface area (Å²) >= 11 is 1.02. The monoisotopic (exact) mass is 940 g/mol. The number of anilines is 1. The first-order chi connectivity index (χ1) is 28.5. The quantitative estimate of drug-likeness (QED) is 0.0471. The molecule has 29 heteroatoms. The van der Waals surface area contributed by atoms with Crippen LogP contribution in [0.4, 0.5) is 5.82 Å². The molecule has 0 radical (unpaired) electrons. The molecule has 3 heterocycles. The van der Waals surface area contributed by atoms with Crippen molar-refractivity contribution in [2.24, 2.45) is 17.1 Å². The molecule has 1 aromatic carbocycles. The maximum absolute atomic E-state index is 12.7. The fraction of sp³-hybridized carbons (Fsp3) is 0.562.